The summed E-state index contributed by atoms with van der Waals surface area (Å²) in [6, 6.07) is 3.54. The van der Waals surface area contributed by atoms with Gasteiger partial charge in [-0.1, -0.05) is 0 Å². The van der Waals surface area contributed by atoms with Crippen LogP contribution in [0.5, 0.6) is 0 Å². The van der Waals surface area contributed by atoms with E-state index < -0.39 is 23.3 Å². The molecule has 2 aromatic heterocycles. The van der Waals surface area contributed by atoms with Crippen LogP contribution in [-0.2, 0) is 10.7 Å². The van der Waals surface area contributed by atoms with Gasteiger partial charge in [0.1, 0.15) is 5.82 Å². The fraction of sp³-hybridized carbons (Fsp3) is 0.381. The number of alkyl halides is 2. The van der Waals surface area contributed by atoms with E-state index in [4.69, 9.17) is 10.5 Å². The van der Waals surface area contributed by atoms with Crippen molar-refractivity contribution in [2.24, 2.45) is 0 Å². The number of rotatable bonds is 5. The van der Waals surface area contributed by atoms with Crippen LogP contribution in [0.3, 0.4) is 0 Å². The SMILES string of the molecule is C[C@@H](Nc1nncc2ncc(N3CCOCC3)cc12)c1cc(N)cc(C(C)(F)F)c1F. The van der Waals surface area contributed by atoms with E-state index in [2.05, 4.69) is 25.4 Å². The summed E-state index contributed by atoms with van der Waals surface area (Å²) >= 11 is 0. The number of ether oxygens (including phenoxy) is 1. The molecule has 0 unspecified atom stereocenters. The van der Waals surface area contributed by atoms with Crippen molar-refractivity contribution in [1.82, 2.24) is 15.2 Å². The summed E-state index contributed by atoms with van der Waals surface area (Å²) in [4.78, 5) is 6.61. The molecule has 1 fully saturated rings. The van der Waals surface area contributed by atoms with E-state index >= 15 is 0 Å². The molecule has 164 valence electrons. The number of halogens is 3. The molecule has 7 nitrogen and oxygen atoms in total. The summed E-state index contributed by atoms with van der Waals surface area (Å²) < 4.78 is 47.9. The Kier molecular flexibility index (Phi) is 5.57. The number of anilines is 3. The molecule has 0 spiro atoms. The summed E-state index contributed by atoms with van der Waals surface area (Å²) in [5.74, 6) is -3.98. The molecule has 10 heteroatoms. The first-order chi connectivity index (χ1) is 14.7. The number of hydrogen-bond acceptors (Lipinski definition) is 7. The van der Waals surface area contributed by atoms with Gasteiger partial charge in [0, 0.05) is 36.7 Å². The third-order valence-corrected chi connectivity index (χ3v) is 5.29. The van der Waals surface area contributed by atoms with Crippen LogP contribution in [0.4, 0.5) is 30.4 Å². The normalized spacial score (nSPS) is 15.8. The lowest BCUT2D eigenvalue weighted by Gasteiger charge is -2.28. The molecule has 0 amide bonds. The molecule has 3 heterocycles. The predicted octanol–water partition coefficient (Wildman–Crippen LogP) is 3.87. The number of nitrogens with two attached hydrogens (primary N) is 1. The van der Waals surface area contributed by atoms with E-state index in [9.17, 15) is 13.2 Å². The lowest BCUT2D eigenvalue weighted by atomic mass is 9.99. The van der Waals surface area contributed by atoms with Gasteiger partial charge in [-0.2, -0.15) is 5.10 Å². The van der Waals surface area contributed by atoms with Crippen LogP contribution in [0.25, 0.3) is 10.9 Å². The van der Waals surface area contributed by atoms with Gasteiger partial charge in [-0.05, 0) is 25.1 Å². The van der Waals surface area contributed by atoms with Crippen LogP contribution in [0.1, 0.15) is 31.0 Å². The highest BCUT2D eigenvalue weighted by Gasteiger charge is 2.31. The molecule has 0 aliphatic carbocycles. The molecule has 1 atom stereocenters. The first kappa shape index (κ1) is 21.1. The molecular weight excluding hydrogens is 409 g/mol. The number of hydrogen-bond donors (Lipinski definition) is 2. The van der Waals surface area contributed by atoms with Crippen molar-refractivity contribution in [3.05, 3.63) is 47.5 Å². The Labute approximate surface area is 177 Å². The molecule has 0 saturated carbocycles. The molecule has 1 aliphatic heterocycles. The summed E-state index contributed by atoms with van der Waals surface area (Å²) in [7, 11) is 0. The van der Waals surface area contributed by atoms with Crippen LogP contribution < -0.4 is 16.0 Å². The largest absolute Gasteiger partial charge is 0.399 e. The molecule has 3 N–H and O–H groups in total. The summed E-state index contributed by atoms with van der Waals surface area (Å²) in [6.07, 6.45) is 3.29. The van der Waals surface area contributed by atoms with Crippen LogP contribution in [0.2, 0.25) is 0 Å². The summed E-state index contributed by atoms with van der Waals surface area (Å²) in [5.41, 5.74) is 6.62. The van der Waals surface area contributed by atoms with E-state index in [0.717, 1.165) is 24.8 Å². The highest BCUT2D eigenvalue weighted by molar-refractivity contribution is 5.90. The highest BCUT2D eigenvalue weighted by Crippen LogP contribution is 2.35. The van der Waals surface area contributed by atoms with Crippen molar-refractivity contribution in [2.75, 3.05) is 42.3 Å². The second kappa shape index (κ2) is 8.18. The highest BCUT2D eigenvalue weighted by atomic mass is 19.3. The maximum atomic E-state index is 14.9. The molecule has 0 radical (unpaired) electrons. The summed E-state index contributed by atoms with van der Waals surface area (Å²) in [5, 5.41) is 11.9. The average molecular weight is 432 g/mol. The second-order valence-corrected chi connectivity index (χ2v) is 7.64. The number of nitrogens with one attached hydrogen (secondary N) is 1. The molecule has 0 bridgehead atoms. The van der Waals surface area contributed by atoms with Crippen molar-refractivity contribution in [3.63, 3.8) is 0 Å². The fourth-order valence-electron chi connectivity index (χ4n) is 3.64. The zero-order chi connectivity index (χ0) is 22.2. The minimum absolute atomic E-state index is 0.0209. The van der Waals surface area contributed by atoms with Crippen molar-refractivity contribution in [1.29, 1.82) is 0 Å². The van der Waals surface area contributed by atoms with Gasteiger partial charge in [-0.25, -0.2) is 13.2 Å². The number of aromatic nitrogens is 3. The lowest BCUT2D eigenvalue weighted by Crippen LogP contribution is -2.36. The van der Waals surface area contributed by atoms with Gasteiger partial charge >= 0.3 is 0 Å². The van der Waals surface area contributed by atoms with Gasteiger partial charge < -0.3 is 20.7 Å². The Bertz CT molecular complexity index is 1100. The van der Waals surface area contributed by atoms with E-state index in [1.807, 2.05) is 6.07 Å². The molecule has 4 rings (SSSR count). The molecule has 31 heavy (non-hydrogen) atoms. The molecule has 1 saturated heterocycles. The molecular formula is C21H23F3N6O. The Morgan fingerprint density at radius 3 is 2.65 bits per heavy atom. The van der Waals surface area contributed by atoms with Gasteiger partial charge in [0.15, 0.2) is 5.82 Å². The number of morpholine rings is 1. The number of nitrogens with zero attached hydrogens (tertiary/aromatic N) is 4. The van der Waals surface area contributed by atoms with Crippen LogP contribution in [0.15, 0.2) is 30.6 Å². The van der Waals surface area contributed by atoms with Crippen molar-refractivity contribution in [3.8, 4) is 0 Å². The first-order valence-electron chi connectivity index (χ1n) is 9.92. The lowest BCUT2D eigenvalue weighted by molar-refractivity contribution is 0.0136. The Balaban J connectivity index is 1.69. The topological polar surface area (TPSA) is 89.2 Å². The maximum absolute atomic E-state index is 14.9. The minimum atomic E-state index is -3.36. The summed E-state index contributed by atoms with van der Waals surface area (Å²) in [6.45, 7) is 5.04. The van der Waals surface area contributed by atoms with Gasteiger partial charge in [0.25, 0.3) is 5.92 Å². The standard InChI is InChI=1S/C21H23F3N6O/c1-12(15-7-13(25)8-17(19(15)22)21(2,23)24)28-20-16-9-14(30-3-5-31-6-4-30)10-26-18(16)11-27-29-20/h7-12H,3-6,25H2,1-2H3,(H,28,29)/t12-/m1/s1. The van der Waals surface area contributed by atoms with Crippen molar-refractivity contribution < 1.29 is 17.9 Å². The van der Waals surface area contributed by atoms with Gasteiger partial charge in [-0.15, -0.1) is 5.10 Å². The molecule has 1 aliphatic rings. The Hall–Kier alpha value is -3.14. The van der Waals surface area contributed by atoms with Gasteiger partial charge in [0.05, 0.1) is 48.4 Å². The van der Waals surface area contributed by atoms with Crippen LogP contribution in [0, 0.1) is 5.82 Å². The first-order valence-corrected chi connectivity index (χ1v) is 9.92. The third-order valence-electron chi connectivity index (χ3n) is 5.29. The second-order valence-electron chi connectivity index (χ2n) is 7.64. The fourth-order valence-corrected chi connectivity index (χ4v) is 3.64. The smallest absolute Gasteiger partial charge is 0.273 e. The predicted molar refractivity (Wildman–Crippen MR) is 113 cm³/mol. The van der Waals surface area contributed by atoms with Crippen molar-refractivity contribution in [2.45, 2.75) is 25.8 Å². The maximum Gasteiger partial charge on any atom is 0.273 e. The Morgan fingerprint density at radius 1 is 1.19 bits per heavy atom. The van der Waals surface area contributed by atoms with Gasteiger partial charge in [0.2, 0.25) is 0 Å². The Morgan fingerprint density at radius 2 is 1.94 bits per heavy atom. The van der Waals surface area contributed by atoms with Gasteiger partial charge in [-0.3, -0.25) is 4.98 Å². The average Bonchev–Trinajstić information content (AvgIpc) is 2.75. The number of pyridine rings is 1. The van der Waals surface area contributed by atoms with E-state index in [0.29, 0.717) is 36.9 Å². The monoisotopic (exact) mass is 432 g/mol. The molecule has 3 aromatic rings. The minimum Gasteiger partial charge on any atom is -0.399 e. The third kappa shape index (κ3) is 4.34. The van der Waals surface area contributed by atoms with E-state index in [1.54, 1.807) is 13.1 Å². The van der Waals surface area contributed by atoms with E-state index in [1.165, 1.54) is 12.3 Å². The number of fused-ring (bicyclic) bond motifs is 1. The van der Waals surface area contributed by atoms with Crippen LogP contribution in [-0.4, -0.2) is 41.5 Å². The van der Waals surface area contributed by atoms with Crippen LogP contribution >= 0.6 is 0 Å². The zero-order valence-electron chi connectivity index (χ0n) is 17.2. The number of benzene rings is 1. The zero-order valence-corrected chi connectivity index (χ0v) is 17.2. The quantitative estimate of drug-likeness (QED) is 0.592. The van der Waals surface area contributed by atoms with Crippen molar-refractivity contribution >= 4 is 28.1 Å². The number of nitrogen functional groups attached to an aromatic ring is 1. The van der Waals surface area contributed by atoms with E-state index in [-0.39, 0.29) is 11.3 Å². The molecule has 1 aromatic carbocycles.